The first-order chi connectivity index (χ1) is 14.8. The number of fused-ring (bicyclic) bond motifs is 2. The van der Waals surface area contributed by atoms with Gasteiger partial charge in [0.25, 0.3) is 0 Å². The zero-order valence-corrected chi connectivity index (χ0v) is 16.7. The van der Waals surface area contributed by atoms with Gasteiger partial charge in [0.2, 0.25) is 0 Å². The van der Waals surface area contributed by atoms with Crippen LogP contribution in [0.3, 0.4) is 0 Å². The number of aromatic nitrogens is 4. The summed E-state index contributed by atoms with van der Waals surface area (Å²) < 4.78 is 13.5. The molecule has 0 radical (unpaired) electrons. The lowest BCUT2D eigenvalue weighted by molar-refractivity contribution is -0.0765. The Morgan fingerprint density at radius 2 is 2.00 bits per heavy atom. The van der Waals surface area contributed by atoms with E-state index < -0.39 is 24.0 Å². The first-order valence-electron chi connectivity index (χ1n) is 9.76. The molecule has 10 nitrogen and oxygen atoms in total. The van der Waals surface area contributed by atoms with Crippen molar-refractivity contribution in [3.05, 3.63) is 48.9 Å². The van der Waals surface area contributed by atoms with Crippen molar-refractivity contribution in [3.63, 3.8) is 0 Å². The molecule has 1 fully saturated rings. The minimum atomic E-state index is -1.56. The van der Waals surface area contributed by atoms with Gasteiger partial charge in [0, 0.05) is 17.6 Å². The summed E-state index contributed by atoms with van der Waals surface area (Å²) in [6.45, 7) is 1.54. The van der Waals surface area contributed by atoms with Crippen LogP contribution in [-0.2, 0) is 4.74 Å². The van der Waals surface area contributed by atoms with Gasteiger partial charge in [-0.05, 0) is 37.3 Å². The molecule has 31 heavy (non-hydrogen) atoms. The molecule has 4 heterocycles. The van der Waals surface area contributed by atoms with Crippen LogP contribution in [0.4, 0.5) is 11.6 Å². The third kappa shape index (κ3) is 3.21. The van der Waals surface area contributed by atoms with Gasteiger partial charge in [0.05, 0.1) is 10.9 Å². The Morgan fingerprint density at radius 1 is 1.19 bits per heavy atom. The number of nitrogens with zero attached hydrogens (tertiary/aromatic N) is 4. The van der Waals surface area contributed by atoms with Crippen LogP contribution in [0.15, 0.2) is 48.9 Å². The topological polar surface area (TPSA) is 155 Å². The summed E-state index contributed by atoms with van der Waals surface area (Å²) in [7, 11) is 0. The number of benzene rings is 1. The molecule has 1 aliphatic heterocycles. The summed E-state index contributed by atoms with van der Waals surface area (Å²) in [5.74, 6) is 1.30. The van der Waals surface area contributed by atoms with Crippen LogP contribution in [0, 0.1) is 0 Å². The molecule has 6 N–H and O–H groups in total. The molecule has 1 aliphatic rings. The zero-order chi connectivity index (χ0) is 21.8. The summed E-state index contributed by atoms with van der Waals surface area (Å²) in [6.07, 6.45) is 0.157. The van der Waals surface area contributed by atoms with E-state index in [4.69, 9.17) is 20.9 Å². The lowest BCUT2D eigenvalue weighted by Gasteiger charge is -2.26. The highest BCUT2D eigenvalue weighted by Crippen LogP contribution is 2.39. The van der Waals surface area contributed by atoms with Crippen molar-refractivity contribution in [2.24, 2.45) is 0 Å². The molecular weight excluding hydrogens is 400 g/mol. The molecule has 3 aromatic heterocycles. The fraction of sp³-hybridized carbons (Fsp3) is 0.286. The Balaban J connectivity index is 1.38. The second kappa shape index (κ2) is 7.05. The van der Waals surface area contributed by atoms with Gasteiger partial charge in [-0.1, -0.05) is 0 Å². The molecule has 3 unspecified atom stereocenters. The number of anilines is 2. The normalized spacial score (nSPS) is 26.0. The van der Waals surface area contributed by atoms with E-state index in [0.29, 0.717) is 33.9 Å². The van der Waals surface area contributed by atoms with Crippen molar-refractivity contribution in [2.45, 2.75) is 31.0 Å². The zero-order valence-electron chi connectivity index (χ0n) is 16.7. The van der Waals surface area contributed by atoms with Gasteiger partial charge < -0.3 is 35.7 Å². The predicted molar refractivity (Wildman–Crippen MR) is 114 cm³/mol. The van der Waals surface area contributed by atoms with Crippen LogP contribution in [0.2, 0.25) is 0 Å². The van der Waals surface area contributed by atoms with Crippen LogP contribution >= 0.6 is 0 Å². The van der Waals surface area contributed by atoms with Crippen molar-refractivity contribution < 1.29 is 19.7 Å². The number of aliphatic hydroxyl groups excluding tert-OH is 1. The van der Waals surface area contributed by atoms with Crippen molar-refractivity contribution in [2.75, 3.05) is 18.1 Å². The Hall–Kier alpha value is -3.47. The number of ether oxygens (including phenoxy) is 2. The fourth-order valence-electron chi connectivity index (χ4n) is 3.86. The number of nitrogen functional groups attached to an aromatic ring is 2. The summed E-state index contributed by atoms with van der Waals surface area (Å²) >= 11 is 0. The summed E-state index contributed by atoms with van der Waals surface area (Å²) in [6, 6.07) is 10.8. The minimum Gasteiger partial charge on any atom is -0.491 e. The molecule has 1 aromatic carbocycles. The van der Waals surface area contributed by atoms with Gasteiger partial charge in [-0.25, -0.2) is 15.0 Å². The molecule has 0 saturated carbocycles. The molecular formula is C21H22N6O4. The van der Waals surface area contributed by atoms with E-state index in [1.54, 1.807) is 35.0 Å². The highest BCUT2D eigenvalue weighted by Gasteiger charge is 2.53. The van der Waals surface area contributed by atoms with E-state index in [1.165, 1.54) is 13.3 Å². The third-order valence-corrected chi connectivity index (χ3v) is 5.73. The molecule has 0 amide bonds. The summed E-state index contributed by atoms with van der Waals surface area (Å²) in [5.41, 5.74) is 11.3. The van der Waals surface area contributed by atoms with Crippen molar-refractivity contribution >= 4 is 33.6 Å². The molecule has 10 heteroatoms. The SMILES string of the molecule is CC1(O)C(O)C(n2ccc3c(N)ncnc32)O[C@@H]1COc1ccc2ccc(N)nc2c1. The third-order valence-electron chi connectivity index (χ3n) is 5.73. The highest BCUT2D eigenvalue weighted by molar-refractivity contribution is 5.86. The van der Waals surface area contributed by atoms with E-state index >= 15 is 0 Å². The number of hydrogen-bond acceptors (Lipinski definition) is 9. The Kier molecular flexibility index (Phi) is 4.43. The number of aliphatic hydroxyl groups is 2. The minimum absolute atomic E-state index is 0.0186. The van der Waals surface area contributed by atoms with Crippen LogP contribution in [0.5, 0.6) is 5.75 Å². The highest BCUT2D eigenvalue weighted by atomic mass is 16.6. The first-order valence-corrected chi connectivity index (χ1v) is 9.76. The molecule has 4 aromatic rings. The van der Waals surface area contributed by atoms with Crippen LogP contribution < -0.4 is 16.2 Å². The van der Waals surface area contributed by atoms with Gasteiger partial charge in [-0.2, -0.15) is 0 Å². The van der Waals surface area contributed by atoms with E-state index in [-0.39, 0.29) is 6.61 Å². The average molecular weight is 422 g/mol. The molecule has 4 atom stereocenters. The van der Waals surface area contributed by atoms with Crippen molar-refractivity contribution in [3.8, 4) is 5.75 Å². The maximum atomic E-state index is 11.0. The standard InChI is InChI=1S/C21H22N6O4/c1-21(29)15(9-30-12-4-2-11-3-5-16(22)26-14(11)8-12)31-20(17(21)28)27-7-6-13-18(23)24-10-25-19(13)27/h2-8,10,15,17,20,28-29H,9H2,1H3,(H2,22,26)(H2,23,24,25)/t15-,17?,20?,21?/m1/s1. The van der Waals surface area contributed by atoms with E-state index in [1.807, 2.05) is 12.1 Å². The van der Waals surface area contributed by atoms with Gasteiger partial charge in [0.15, 0.2) is 6.23 Å². The smallest absolute Gasteiger partial charge is 0.164 e. The maximum Gasteiger partial charge on any atom is 0.164 e. The molecule has 0 aliphatic carbocycles. The quantitative estimate of drug-likeness (QED) is 0.380. The van der Waals surface area contributed by atoms with Crippen molar-refractivity contribution in [1.82, 2.24) is 19.5 Å². The lowest BCUT2D eigenvalue weighted by atomic mass is 9.95. The Bertz CT molecular complexity index is 1270. The second-order valence-corrected chi connectivity index (χ2v) is 7.81. The van der Waals surface area contributed by atoms with Crippen LogP contribution in [0.1, 0.15) is 13.2 Å². The predicted octanol–water partition coefficient (Wildman–Crippen LogP) is 1.23. The molecule has 5 rings (SSSR count). The molecule has 1 saturated heterocycles. The molecule has 0 bridgehead atoms. The van der Waals surface area contributed by atoms with Crippen LogP contribution in [0.25, 0.3) is 21.9 Å². The van der Waals surface area contributed by atoms with E-state index in [0.717, 1.165) is 5.39 Å². The van der Waals surface area contributed by atoms with Gasteiger partial charge in [-0.3, -0.25) is 0 Å². The summed E-state index contributed by atoms with van der Waals surface area (Å²) in [4.78, 5) is 12.5. The average Bonchev–Trinajstić information content (AvgIpc) is 3.26. The number of hydrogen-bond donors (Lipinski definition) is 4. The molecule has 0 spiro atoms. The fourth-order valence-corrected chi connectivity index (χ4v) is 3.86. The Labute approximate surface area is 177 Å². The van der Waals surface area contributed by atoms with Crippen LogP contribution in [-0.4, -0.2) is 54.1 Å². The monoisotopic (exact) mass is 422 g/mol. The maximum absolute atomic E-state index is 11.0. The number of rotatable bonds is 4. The van der Waals surface area contributed by atoms with E-state index in [2.05, 4.69) is 15.0 Å². The summed E-state index contributed by atoms with van der Waals surface area (Å²) in [5, 5.41) is 23.3. The number of nitrogens with two attached hydrogens (primary N) is 2. The Morgan fingerprint density at radius 3 is 2.84 bits per heavy atom. The van der Waals surface area contributed by atoms with Gasteiger partial charge >= 0.3 is 0 Å². The largest absolute Gasteiger partial charge is 0.491 e. The van der Waals surface area contributed by atoms with Crippen molar-refractivity contribution in [1.29, 1.82) is 0 Å². The number of pyridine rings is 1. The van der Waals surface area contributed by atoms with Gasteiger partial charge in [-0.15, -0.1) is 0 Å². The first kappa shape index (κ1) is 19.5. The second-order valence-electron chi connectivity index (χ2n) is 7.81. The lowest BCUT2D eigenvalue weighted by Crippen LogP contribution is -2.47. The van der Waals surface area contributed by atoms with E-state index in [9.17, 15) is 10.2 Å². The van der Waals surface area contributed by atoms with Gasteiger partial charge in [0.1, 0.15) is 53.8 Å². The molecule has 160 valence electrons.